The molecular weight excluding hydrogens is 481 g/mol. The number of halogens is 2. The number of rotatable bonds is 2. The molecule has 1 heterocycles. The molecule has 1 saturated heterocycles. The van der Waals surface area contributed by atoms with Crippen LogP contribution in [-0.2, 0) is 9.59 Å². The minimum absolute atomic E-state index is 0.0278. The molecule has 0 spiro atoms. The second-order valence-electron chi connectivity index (χ2n) is 11.7. The second-order valence-corrected chi connectivity index (χ2v) is 12.5. The van der Waals surface area contributed by atoms with Crippen molar-refractivity contribution in [1.82, 2.24) is 4.90 Å². The highest BCUT2D eigenvalue weighted by atomic mass is 35.5. The summed E-state index contributed by atoms with van der Waals surface area (Å²) in [7, 11) is 1.95. The normalized spacial score (nSPS) is 36.3. The Labute approximate surface area is 217 Å². The van der Waals surface area contributed by atoms with Crippen molar-refractivity contribution in [2.75, 3.05) is 12.4 Å². The number of nitrogens with zero attached hydrogens (tertiary/aromatic N) is 2. The number of amides is 2. The number of piperidine rings is 1. The van der Waals surface area contributed by atoms with Crippen molar-refractivity contribution >= 4 is 40.7 Å². The van der Waals surface area contributed by atoms with E-state index in [9.17, 15) is 9.59 Å². The molecule has 35 heavy (non-hydrogen) atoms. The van der Waals surface area contributed by atoms with Crippen molar-refractivity contribution in [2.45, 2.75) is 65.7 Å². The van der Waals surface area contributed by atoms with E-state index < -0.39 is 0 Å². The monoisotopic (exact) mass is 513 g/mol. The Kier molecular flexibility index (Phi) is 6.01. The van der Waals surface area contributed by atoms with Crippen molar-refractivity contribution in [3.63, 3.8) is 0 Å². The third kappa shape index (κ3) is 3.63. The minimum Gasteiger partial charge on any atom is -0.323 e. The van der Waals surface area contributed by atoms with E-state index in [1.54, 1.807) is 0 Å². The van der Waals surface area contributed by atoms with Crippen molar-refractivity contribution in [2.24, 2.45) is 34.5 Å². The summed E-state index contributed by atoms with van der Waals surface area (Å²) >= 11 is 12.7. The maximum atomic E-state index is 13.6. The van der Waals surface area contributed by atoms with Crippen LogP contribution in [0.2, 0.25) is 10.0 Å². The molecule has 0 unspecified atom stereocenters. The molecule has 4 aliphatic rings. The zero-order valence-corrected chi connectivity index (χ0v) is 22.4. The molecule has 5 nitrogen and oxygen atoms in total. The van der Waals surface area contributed by atoms with Crippen LogP contribution in [0.25, 0.3) is 0 Å². The molecule has 1 aromatic carbocycles. The Bertz CT molecular complexity index is 1160. The molecule has 186 valence electrons. The summed E-state index contributed by atoms with van der Waals surface area (Å²) in [5.74, 6) is 1.64. The molecule has 1 aromatic rings. The van der Waals surface area contributed by atoms with E-state index in [1.807, 2.05) is 18.0 Å². The number of fused-ring (bicyclic) bond motifs is 5. The van der Waals surface area contributed by atoms with Gasteiger partial charge in [0.2, 0.25) is 11.8 Å². The Hall–Kier alpha value is -2.03. The topological polar surface area (TPSA) is 73.2 Å². The fourth-order valence-corrected chi connectivity index (χ4v) is 9.09. The highest BCUT2D eigenvalue weighted by Crippen LogP contribution is 2.67. The fourth-order valence-electron chi connectivity index (χ4n) is 8.51. The average Bonchev–Trinajstić information content (AvgIpc) is 3.16. The Morgan fingerprint density at radius 3 is 2.49 bits per heavy atom. The quantitative estimate of drug-likeness (QED) is 0.472. The van der Waals surface area contributed by atoms with Crippen LogP contribution >= 0.6 is 23.2 Å². The van der Waals surface area contributed by atoms with E-state index in [2.05, 4.69) is 26.1 Å². The lowest BCUT2D eigenvalue weighted by Gasteiger charge is -2.59. The second kappa shape index (κ2) is 8.53. The van der Waals surface area contributed by atoms with Crippen LogP contribution < -0.4 is 5.32 Å². The van der Waals surface area contributed by atoms with E-state index >= 15 is 0 Å². The van der Waals surface area contributed by atoms with Gasteiger partial charge in [-0.2, -0.15) is 5.26 Å². The molecule has 7 heteroatoms. The van der Waals surface area contributed by atoms with Gasteiger partial charge in [0.25, 0.3) is 0 Å². The van der Waals surface area contributed by atoms with Gasteiger partial charge in [0.1, 0.15) is 0 Å². The summed E-state index contributed by atoms with van der Waals surface area (Å²) in [4.78, 5) is 28.0. The van der Waals surface area contributed by atoms with Gasteiger partial charge in [0, 0.05) is 30.5 Å². The fraction of sp³-hybridized carbons (Fsp3) is 0.607. The molecule has 6 atom stereocenters. The highest BCUT2D eigenvalue weighted by molar-refractivity contribution is 6.40. The van der Waals surface area contributed by atoms with E-state index in [0.717, 1.165) is 38.5 Å². The summed E-state index contributed by atoms with van der Waals surface area (Å²) in [5.41, 5.74) is 3.31. The van der Waals surface area contributed by atoms with Gasteiger partial charge < -0.3 is 10.2 Å². The number of nitriles is 1. The smallest absolute Gasteiger partial charge is 0.228 e. The van der Waals surface area contributed by atoms with Crippen molar-refractivity contribution in [3.05, 3.63) is 39.0 Å². The Morgan fingerprint density at radius 1 is 1.14 bits per heavy atom. The number of nitrogens with one attached hydrogen (secondary N) is 1. The number of carbonyl (C=O) groups excluding carboxylic acids is 2. The molecule has 5 rings (SSSR count). The minimum atomic E-state index is -0.106. The third-order valence-electron chi connectivity index (χ3n) is 10.0. The highest BCUT2D eigenvalue weighted by Gasteiger charge is 2.61. The first kappa shape index (κ1) is 24.7. The number of benzene rings is 1. The molecule has 0 bridgehead atoms. The molecule has 1 aliphatic heterocycles. The van der Waals surface area contributed by atoms with Crippen LogP contribution in [-0.4, -0.2) is 23.8 Å². The lowest BCUT2D eigenvalue weighted by molar-refractivity contribution is -0.137. The van der Waals surface area contributed by atoms with Gasteiger partial charge >= 0.3 is 0 Å². The predicted octanol–water partition coefficient (Wildman–Crippen LogP) is 6.80. The standard InChI is InChI=1S/C28H33Cl2N3O2/c1-15-11-17-18-5-6-20(26(35)32-24-21(29)12-16(14-31)13-22(24)30)27(18,2)9-7-19(17)28(3)10-8-23(34)33(4)25(15)28/h12-13,17-20H,5-11H2,1-4H3,(H,32,35)/t17-,18-,19-,20+,27-,28+/m0/s1. The van der Waals surface area contributed by atoms with Gasteiger partial charge in [-0.15, -0.1) is 0 Å². The van der Waals surface area contributed by atoms with Crippen molar-refractivity contribution < 1.29 is 9.59 Å². The van der Waals surface area contributed by atoms with E-state index in [-0.39, 0.29) is 38.6 Å². The molecule has 0 aromatic heterocycles. The zero-order chi connectivity index (χ0) is 25.3. The van der Waals surface area contributed by atoms with E-state index in [1.165, 1.54) is 23.4 Å². The summed E-state index contributed by atoms with van der Waals surface area (Å²) in [6, 6.07) is 5.11. The summed E-state index contributed by atoms with van der Waals surface area (Å²) in [6.45, 7) is 6.89. The SMILES string of the molecule is CC1=C2N(C)C(=O)CC[C@]2(C)[C@H]2CC[C@]3(C)[C@@H](C(=O)Nc4c(Cl)cc(C#N)cc4Cl)CC[C@H]3[C@@H]2C1. The molecule has 3 aliphatic carbocycles. The number of hydrogen-bond donors (Lipinski definition) is 1. The molecule has 2 amide bonds. The third-order valence-corrected chi connectivity index (χ3v) is 10.6. The first-order valence-corrected chi connectivity index (χ1v) is 13.4. The number of likely N-dealkylation sites (tertiary alicyclic amines) is 1. The zero-order valence-electron chi connectivity index (χ0n) is 20.9. The average molecular weight is 514 g/mol. The number of hydrogen-bond acceptors (Lipinski definition) is 3. The van der Waals surface area contributed by atoms with Crippen LogP contribution in [0.4, 0.5) is 5.69 Å². The van der Waals surface area contributed by atoms with Gasteiger partial charge in [0.05, 0.1) is 27.4 Å². The lowest BCUT2D eigenvalue weighted by atomic mass is 9.48. The largest absolute Gasteiger partial charge is 0.323 e. The Morgan fingerprint density at radius 2 is 1.83 bits per heavy atom. The molecule has 3 fully saturated rings. The van der Waals surface area contributed by atoms with Crippen LogP contribution in [0.15, 0.2) is 23.4 Å². The summed E-state index contributed by atoms with van der Waals surface area (Å²) < 4.78 is 0. The first-order valence-electron chi connectivity index (χ1n) is 12.7. The van der Waals surface area contributed by atoms with Gasteiger partial charge in [-0.05, 0) is 80.8 Å². The number of carbonyl (C=O) groups is 2. The van der Waals surface area contributed by atoms with Crippen LogP contribution in [0, 0.1) is 45.8 Å². The van der Waals surface area contributed by atoms with Gasteiger partial charge in [-0.3, -0.25) is 9.59 Å². The molecule has 2 saturated carbocycles. The molecular formula is C28H33Cl2N3O2. The lowest BCUT2D eigenvalue weighted by Crippen LogP contribution is -2.54. The summed E-state index contributed by atoms with van der Waals surface area (Å²) in [6.07, 6.45) is 6.53. The van der Waals surface area contributed by atoms with Crippen molar-refractivity contribution in [3.8, 4) is 6.07 Å². The number of anilines is 1. The van der Waals surface area contributed by atoms with Crippen LogP contribution in [0.1, 0.15) is 71.3 Å². The molecule has 1 N–H and O–H groups in total. The number of allylic oxidation sites excluding steroid dienone is 2. The molecule has 0 radical (unpaired) electrons. The Balaban J connectivity index is 1.42. The summed E-state index contributed by atoms with van der Waals surface area (Å²) in [5, 5.41) is 12.7. The van der Waals surface area contributed by atoms with E-state index in [4.69, 9.17) is 28.5 Å². The van der Waals surface area contributed by atoms with Gasteiger partial charge in [0.15, 0.2) is 0 Å². The van der Waals surface area contributed by atoms with Crippen LogP contribution in [0.5, 0.6) is 0 Å². The predicted molar refractivity (Wildman–Crippen MR) is 138 cm³/mol. The van der Waals surface area contributed by atoms with Gasteiger partial charge in [-0.1, -0.05) is 42.6 Å². The maximum Gasteiger partial charge on any atom is 0.228 e. The van der Waals surface area contributed by atoms with Gasteiger partial charge in [-0.25, -0.2) is 0 Å². The van der Waals surface area contributed by atoms with Crippen LogP contribution in [0.3, 0.4) is 0 Å². The maximum absolute atomic E-state index is 13.6. The first-order chi connectivity index (χ1) is 16.5. The van der Waals surface area contributed by atoms with E-state index in [0.29, 0.717) is 35.4 Å². The van der Waals surface area contributed by atoms with Crippen molar-refractivity contribution in [1.29, 1.82) is 5.26 Å².